The van der Waals surface area contributed by atoms with Gasteiger partial charge in [0.2, 0.25) is 0 Å². The first kappa shape index (κ1) is 14.1. The van der Waals surface area contributed by atoms with E-state index in [4.69, 9.17) is 0 Å². The van der Waals surface area contributed by atoms with Crippen molar-refractivity contribution >= 4 is 22.8 Å². The predicted octanol–water partition coefficient (Wildman–Crippen LogP) is 2.67. The summed E-state index contributed by atoms with van der Waals surface area (Å²) in [5, 5.41) is 0. The Kier molecular flexibility index (Phi) is 5.91. The molecule has 0 aliphatic carbocycles. The lowest BCUT2D eigenvalue weighted by Gasteiger charge is -2.28. The molecule has 0 bridgehead atoms. The first-order chi connectivity index (χ1) is 6.00. The lowest BCUT2D eigenvalue weighted by Crippen LogP contribution is -2.38. The van der Waals surface area contributed by atoms with Gasteiger partial charge in [-0.3, -0.25) is 9.69 Å². The van der Waals surface area contributed by atoms with Gasteiger partial charge in [0.15, 0.2) is 5.78 Å². The summed E-state index contributed by atoms with van der Waals surface area (Å²) >= 11 is 0. The molecule has 0 atom stereocenters. The van der Waals surface area contributed by atoms with E-state index in [1.807, 2.05) is 20.8 Å². The molecule has 3 heteroatoms. The van der Waals surface area contributed by atoms with Crippen molar-refractivity contribution in [3.05, 3.63) is 0 Å². The van der Waals surface area contributed by atoms with Crippen molar-refractivity contribution in [2.24, 2.45) is 5.41 Å². The van der Waals surface area contributed by atoms with Gasteiger partial charge in [0, 0.05) is 5.41 Å². The van der Waals surface area contributed by atoms with Crippen LogP contribution in [0.2, 0.25) is 0 Å². The van der Waals surface area contributed by atoms with Crippen molar-refractivity contribution in [2.45, 2.75) is 40.0 Å². The quantitative estimate of drug-likeness (QED) is 0.764. The molecule has 1 heterocycles. The number of carbonyl (C=O) groups is 1. The number of rotatable bonds is 2. The van der Waals surface area contributed by atoms with E-state index in [-0.39, 0.29) is 22.4 Å². The normalized spacial score (nSPS) is 18.8. The number of ketones is 1. The molecular formula is C11H22BrNO. The van der Waals surface area contributed by atoms with Crippen LogP contribution in [0, 0.1) is 5.41 Å². The Hall–Kier alpha value is 0.110. The van der Waals surface area contributed by atoms with E-state index in [1.54, 1.807) is 0 Å². The smallest absolute Gasteiger partial charge is 0.152 e. The van der Waals surface area contributed by atoms with Crippen LogP contribution in [0.15, 0.2) is 0 Å². The van der Waals surface area contributed by atoms with E-state index < -0.39 is 0 Å². The van der Waals surface area contributed by atoms with Crippen LogP contribution in [0.25, 0.3) is 0 Å². The van der Waals surface area contributed by atoms with Gasteiger partial charge >= 0.3 is 0 Å². The molecule has 0 radical (unpaired) electrons. The molecule has 84 valence electrons. The van der Waals surface area contributed by atoms with Crippen molar-refractivity contribution in [2.75, 3.05) is 19.6 Å². The number of carbonyl (C=O) groups excluding carboxylic acids is 1. The van der Waals surface area contributed by atoms with E-state index in [0.29, 0.717) is 12.3 Å². The maximum atomic E-state index is 11.7. The average Bonchev–Trinajstić information content (AvgIpc) is 2.04. The molecule has 2 nitrogen and oxygen atoms in total. The second kappa shape index (κ2) is 5.86. The number of likely N-dealkylation sites (tertiary alicyclic amines) is 1. The first-order valence-corrected chi connectivity index (χ1v) is 5.26. The van der Waals surface area contributed by atoms with Crippen LogP contribution in [-0.2, 0) is 4.79 Å². The van der Waals surface area contributed by atoms with Gasteiger partial charge in [-0.15, -0.1) is 17.0 Å². The van der Waals surface area contributed by atoms with Gasteiger partial charge in [0.05, 0.1) is 6.54 Å². The van der Waals surface area contributed by atoms with E-state index in [1.165, 1.54) is 19.3 Å². The van der Waals surface area contributed by atoms with Gasteiger partial charge < -0.3 is 0 Å². The maximum absolute atomic E-state index is 11.7. The minimum absolute atomic E-state index is 0. The molecule has 0 saturated carbocycles. The van der Waals surface area contributed by atoms with Gasteiger partial charge in [-0.25, -0.2) is 0 Å². The van der Waals surface area contributed by atoms with E-state index in [0.717, 1.165) is 13.1 Å². The number of hydrogen-bond acceptors (Lipinski definition) is 2. The summed E-state index contributed by atoms with van der Waals surface area (Å²) in [4.78, 5) is 14.0. The molecule has 0 spiro atoms. The standard InChI is InChI=1S/C11H21NO.BrH/c1-11(2,3)10(13)9-12-7-5-4-6-8-12;/h4-9H2,1-3H3;1H. The van der Waals surface area contributed by atoms with Crippen LogP contribution < -0.4 is 0 Å². The average molecular weight is 264 g/mol. The Labute approximate surface area is 97.8 Å². The van der Waals surface area contributed by atoms with Gasteiger partial charge in [-0.2, -0.15) is 0 Å². The van der Waals surface area contributed by atoms with Crippen molar-refractivity contribution in [3.8, 4) is 0 Å². The second-order valence-electron chi connectivity index (χ2n) is 5.01. The molecule has 0 N–H and O–H groups in total. The maximum Gasteiger partial charge on any atom is 0.152 e. The minimum atomic E-state index is -0.169. The molecular weight excluding hydrogens is 242 g/mol. The molecule has 1 fully saturated rings. The minimum Gasteiger partial charge on any atom is -0.298 e. The summed E-state index contributed by atoms with van der Waals surface area (Å²) in [6.45, 7) is 8.88. The molecule has 0 aromatic rings. The summed E-state index contributed by atoms with van der Waals surface area (Å²) in [6, 6.07) is 0. The summed E-state index contributed by atoms with van der Waals surface area (Å²) in [7, 11) is 0. The van der Waals surface area contributed by atoms with Gasteiger partial charge in [0.1, 0.15) is 0 Å². The molecule has 1 aliphatic heterocycles. The Morgan fingerprint density at radius 2 is 1.64 bits per heavy atom. The highest BCUT2D eigenvalue weighted by molar-refractivity contribution is 8.93. The lowest BCUT2D eigenvalue weighted by molar-refractivity contribution is -0.127. The van der Waals surface area contributed by atoms with Crippen molar-refractivity contribution in [1.29, 1.82) is 0 Å². The van der Waals surface area contributed by atoms with Crippen LogP contribution in [0.3, 0.4) is 0 Å². The van der Waals surface area contributed by atoms with Crippen LogP contribution >= 0.6 is 17.0 Å². The molecule has 1 saturated heterocycles. The zero-order valence-electron chi connectivity index (χ0n) is 9.51. The SMILES string of the molecule is Br.CC(C)(C)C(=O)CN1CCCCC1. The Morgan fingerprint density at radius 1 is 1.14 bits per heavy atom. The first-order valence-electron chi connectivity index (χ1n) is 5.26. The number of Topliss-reactive ketones (excluding diaryl/α,β-unsaturated/α-hetero) is 1. The Balaban J connectivity index is 0.00000169. The second-order valence-corrected chi connectivity index (χ2v) is 5.01. The highest BCUT2D eigenvalue weighted by atomic mass is 79.9. The fourth-order valence-corrected chi connectivity index (χ4v) is 1.56. The van der Waals surface area contributed by atoms with E-state index >= 15 is 0 Å². The van der Waals surface area contributed by atoms with Crippen molar-refractivity contribution in [3.63, 3.8) is 0 Å². The predicted molar refractivity (Wildman–Crippen MR) is 65.1 cm³/mol. The van der Waals surface area contributed by atoms with Crippen LogP contribution in [-0.4, -0.2) is 30.3 Å². The highest BCUT2D eigenvalue weighted by Crippen LogP contribution is 2.17. The topological polar surface area (TPSA) is 20.3 Å². The third-order valence-corrected chi connectivity index (χ3v) is 2.65. The van der Waals surface area contributed by atoms with Gasteiger partial charge in [-0.05, 0) is 25.9 Å². The Morgan fingerprint density at radius 3 is 2.07 bits per heavy atom. The summed E-state index contributed by atoms with van der Waals surface area (Å²) in [5.74, 6) is 0.370. The highest BCUT2D eigenvalue weighted by Gasteiger charge is 2.23. The molecule has 1 rings (SSSR count). The molecule has 1 aliphatic rings. The molecule has 0 aromatic heterocycles. The van der Waals surface area contributed by atoms with Crippen molar-refractivity contribution in [1.82, 2.24) is 4.90 Å². The third kappa shape index (κ3) is 4.56. The molecule has 0 aromatic carbocycles. The fraction of sp³-hybridized carbons (Fsp3) is 0.909. The zero-order valence-corrected chi connectivity index (χ0v) is 11.2. The molecule has 0 amide bonds. The number of piperidine rings is 1. The van der Waals surface area contributed by atoms with E-state index in [2.05, 4.69) is 4.90 Å². The number of nitrogens with zero attached hydrogens (tertiary/aromatic N) is 1. The number of hydrogen-bond donors (Lipinski definition) is 0. The fourth-order valence-electron chi connectivity index (χ4n) is 1.56. The third-order valence-electron chi connectivity index (χ3n) is 2.65. The number of halogens is 1. The Bertz CT molecular complexity index is 180. The van der Waals surface area contributed by atoms with Crippen LogP contribution in [0.5, 0.6) is 0 Å². The largest absolute Gasteiger partial charge is 0.298 e. The molecule has 14 heavy (non-hydrogen) atoms. The zero-order chi connectivity index (χ0) is 9.90. The van der Waals surface area contributed by atoms with Gasteiger partial charge in [0.25, 0.3) is 0 Å². The lowest BCUT2D eigenvalue weighted by atomic mass is 9.90. The summed E-state index contributed by atoms with van der Waals surface area (Å²) in [6.07, 6.45) is 3.86. The van der Waals surface area contributed by atoms with Crippen LogP contribution in [0.1, 0.15) is 40.0 Å². The monoisotopic (exact) mass is 263 g/mol. The van der Waals surface area contributed by atoms with E-state index in [9.17, 15) is 4.79 Å². The summed E-state index contributed by atoms with van der Waals surface area (Å²) in [5.41, 5.74) is -0.169. The van der Waals surface area contributed by atoms with Gasteiger partial charge in [-0.1, -0.05) is 27.2 Å². The molecule has 0 unspecified atom stereocenters. The summed E-state index contributed by atoms with van der Waals surface area (Å²) < 4.78 is 0. The van der Waals surface area contributed by atoms with Crippen LogP contribution in [0.4, 0.5) is 0 Å². The van der Waals surface area contributed by atoms with Crippen molar-refractivity contribution < 1.29 is 4.79 Å².